The standard InChI is InChI=1S/C20H24N2OS/c1-2-20(14-9-4-3-5-10-14)12-13-8-6-7-11-15(13)17-16(20)18(23)22-19(24)21-17/h6-8,11,14H,2-5,9-10,12H2,1H3,(H2,21,22,23,24). The Morgan fingerprint density at radius 3 is 2.67 bits per heavy atom. The number of hydrogen-bond acceptors (Lipinski definition) is 2. The highest BCUT2D eigenvalue weighted by Gasteiger charge is 2.45. The number of H-pyrrole nitrogens is 2. The van der Waals surface area contributed by atoms with E-state index < -0.39 is 0 Å². The molecule has 2 N–H and O–H groups in total. The van der Waals surface area contributed by atoms with Crippen molar-refractivity contribution >= 4 is 12.2 Å². The lowest BCUT2D eigenvalue weighted by Crippen LogP contribution is -2.45. The van der Waals surface area contributed by atoms with Crippen LogP contribution in [0.1, 0.15) is 56.6 Å². The zero-order valence-corrected chi connectivity index (χ0v) is 15.0. The highest BCUT2D eigenvalue weighted by molar-refractivity contribution is 7.71. The summed E-state index contributed by atoms with van der Waals surface area (Å²) in [4.78, 5) is 19.1. The van der Waals surface area contributed by atoms with Gasteiger partial charge in [0.15, 0.2) is 4.77 Å². The largest absolute Gasteiger partial charge is 0.331 e. The summed E-state index contributed by atoms with van der Waals surface area (Å²) in [6, 6.07) is 8.47. The summed E-state index contributed by atoms with van der Waals surface area (Å²) in [7, 11) is 0. The van der Waals surface area contributed by atoms with Gasteiger partial charge in [0, 0.05) is 16.5 Å². The first-order chi connectivity index (χ1) is 11.7. The minimum atomic E-state index is -0.0722. The summed E-state index contributed by atoms with van der Waals surface area (Å²) in [5, 5.41) is 0. The van der Waals surface area contributed by atoms with Gasteiger partial charge in [0.2, 0.25) is 0 Å². The molecule has 0 amide bonds. The maximum absolute atomic E-state index is 13.0. The Morgan fingerprint density at radius 1 is 1.17 bits per heavy atom. The molecule has 0 radical (unpaired) electrons. The van der Waals surface area contributed by atoms with E-state index in [1.807, 2.05) is 6.07 Å². The SMILES string of the molecule is CCC1(C2CCCCC2)Cc2ccccc2-c2[nH]c(=S)[nH]c(=O)c21. The highest BCUT2D eigenvalue weighted by Crippen LogP contribution is 2.50. The van der Waals surface area contributed by atoms with Gasteiger partial charge in [0.25, 0.3) is 5.56 Å². The van der Waals surface area contributed by atoms with E-state index in [0.717, 1.165) is 29.7 Å². The number of aromatic nitrogens is 2. The quantitative estimate of drug-likeness (QED) is 0.765. The van der Waals surface area contributed by atoms with Crippen molar-refractivity contribution < 1.29 is 0 Å². The van der Waals surface area contributed by atoms with E-state index in [2.05, 4.69) is 35.1 Å². The summed E-state index contributed by atoms with van der Waals surface area (Å²) in [5.74, 6) is 0.578. The van der Waals surface area contributed by atoms with Crippen LogP contribution in [0.4, 0.5) is 0 Å². The van der Waals surface area contributed by atoms with Crippen LogP contribution in [0.15, 0.2) is 29.1 Å². The Bertz CT molecular complexity index is 876. The van der Waals surface area contributed by atoms with Gasteiger partial charge in [0.1, 0.15) is 0 Å². The summed E-state index contributed by atoms with van der Waals surface area (Å²) in [6.07, 6.45) is 8.30. The average molecular weight is 340 g/mol. The number of aromatic amines is 2. The van der Waals surface area contributed by atoms with E-state index in [1.165, 1.54) is 37.7 Å². The van der Waals surface area contributed by atoms with E-state index in [4.69, 9.17) is 12.2 Å². The number of benzene rings is 1. The van der Waals surface area contributed by atoms with Gasteiger partial charge in [-0.15, -0.1) is 0 Å². The first kappa shape index (κ1) is 15.8. The molecule has 2 aliphatic carbocycles. The first-order valence-corrected chi connectivity index (χ1v) is 9.52. The van der Waals surface area contributed by atoms with E-state index in [9.17, 15) is 4.79 Å². The van der Waals surface area contributed by atoms with E-state index >= 15 is 0 Å². The van der Waals surface area contributed by atoms with Crippen LogP contribution < -0.4 is 5.56 Å². The third-order valence-electron chi connectivity index (χ3n) is 6.25. The van der Waals surface area contributed by atoms with Gasteiger partial charge in [-0.25, -0.2) is 0 Å². The topological polar surface area (TPSA) is 48.6 Å². The maximum atomic E-state index is 13.0. The minimum Gasteiger partial charge on any atom is -0.331 e. The molecule has 0 bridgehead atoms. The summed E-state index contributed by atoms with van der Waals surface area (Å²) in [5.41, 5.74) is 4.33. The zero-order valence-electron chi connectivity index (χ0n) is 14.2. The molecule has 3 nitrogen and oxygen atoms in total. The Kier molecular flexibility index (Phi) is 3.95. The molecule has 2 aliphatic rings. The highest BCUT2D eigenvalue weighted by atomic mass is 32.1. The molecule has 24 heavy (non-hydrogen) atoms. The second-order valence-electron chi connectivity index (χ2n) is 7.34. The number of rotatable bonds is 2. The van der Waals surface area contributed by atoms with Gasteiger partial charge in [0.05, 0.1) is 5.69 Å². The Labute approximate surface area is 147 Å². The van der Waals surface area contributed by atoms with Gasteiger partial charge in [-0.1, -0.05) is 50.5 Å². The summed E-state index contributed by atoms with van der Waals surface area (Å²) in [6.45, 7) is 2.24. The Balaban J connectivity index is 2.01. The van der Waals surface area contributed by atoms with Crippen LogP contribution in [0.25, 0.3) is 11.3 Å². The molecule has 0 saturated heterocycles. The average Bonchev–Trinajstić information content (AvgIpc) is 2.61. The van der Waals surface area contributed by atoms with Crippen LogP contribution >= 0.6 is 12.2 Å². The van der Waals surface area contributed by atoms with Crippen molar-refractivity contribution in [2.75, 3.05) is 0 Å². The van der Waals surface area contributed by atoms with Gasteiger partial charge < -0.3 is 4.98 Å². The molecule has 0 spiro atoms. The summed E-state index contributed by atoms with van der Waals surface area (Å²) >= 11 is 5.27. The molecule has 4 rings (SSSR count). The number of hydrogen-bond donors (Lipinski definition) is 2. The Morgan fingerprint density at radius 2 is 1.92 bits per heavy atom. The van der Waals surface area contributed by atoms with Crippen LogP contribution in [-0.2, 0) is 11.8 Å². The molecule has 1 aromatic carbocycles. The van der Waals surface area contributed by atoms with Crippen molar-refractivity contribution in [3.05, 3.63) is 50.5 Å². The number of fused-ring (bicyclic) bond motifs is 3. The van der Waals surface area contributed by atoms with Crippen LogP contribution in [0.5, 0.6) is 0 Å². The van der Waals surface area contributed by atoms with E-state index in [0.29, 0.717) is 10.7 Å². The number of nitrogens with one attached hydrogen (secondary N) is 2. The predicted molar refractivity (Wildman–Crippen MR) is 99.9 cm³/mol. The lowest BCUT2D eigenvalue weighted by atomic mass is 9.58. The molecular weight excluding hydrogens is 316 g/mol. The molecule has 1 unspecified atom stereocenters. The van der Waals surface area contributed by atoms with Crippen LogP contribution in [0, 0.1) is 10.7 Å². The van der Waals surface area contributed by atoms with Crippen LogP contribution in [0.2, 0.25) is 0 Å². The molecule has 1 saturated carbocycles. The molecule has 0 aliphatic heterocycles. The third kappa shape index (κ3) is 2.31. The first-order valence-electron chi connectivity index (χ1n) is 9.11. The van der Waals surface area contributed by atoms with Gasteiger partial charge in [-0.2, -0.15) is 0 Å². The van der Waals surface area contributed by atoms with Crippen LogP contribution in [0.3, 0.4) is 0 Å². The lowest BCUT2D eigenvalue weighted by Gasteiger charge is -2.45. The second-order valence-corrected chi connectivity index (χ2v) is 7.75. The van der Waals surface area contributed by atoms with E-state index in [1.54, 1.807) is 0 Å². The molecule has 2 aromatic rings. The summed E-state index contributed by atoms with van der Waals surface area (Å²) < 4.78 is 0.420. The zero-order chi connectivity index (χ0) is 16.7. The monoisotopic (exact) mass is 340 g/mol. The van der Waals surface area contributed by atoms with Crippen molar-refractivity contribution in [2.24, 2.45) is 5.92 Å². The van der Waals surface area contributed by atoms with Crippen molar-refractivity contribution in [3.63, 3.8) is 0 Å². The fraction of sp³-hybridized carbons (Fsp3) is 0.500. The van der Waals surface area contributed by atoms with Gasteiger partial charge >= 0.3 is 0 Å². The molecule has 1 aromatic heterocycles. The van der Waals surface area contributed by atoms with Crippen LogP contribution in [-0.4, -0.2) is 9.97 Å². The minimum absolute atomic E-state index is 0.00989. The maximum Gasteiger partial charge on any atom is 0.256 e. The fourth-order valence-corrected chi connectivity index (χ4v) is 5.30. The van der Waals surface area contributed by atoms with Crippen molar-refractivity contribution in [1.82, 2.24) is 9.97 Å². The lowest BCUT2D eigenvalue weighted by molar-refractivity contribution is 0.188. The van der Waals surface area contributed by atoms with Crippen molar-refractivity contribution in [2.45, 2.75) is 57.3 Å². The fourth-order valence-electron chi connectivity index (χ4n) is 5.10. The second kappa shape index (κ2) is 5.99. The molecule has 1 heterocycles. The normalized spacial score (nSPS) is 23.5. The van der Waals surface area contributed by atoms with Crippen molar-refractivity contribution in [1.29, 1.82) is 0 Å². The predicted octanol–water partition coefficient (Wildman–Crippen LogP) is 4.88. The smallest absolute Gasteiger partial charge is 0.256 e. The molecule has 1 atom stereocenters. The molecule has 126 valence electrons. The Hall–Kier alpha value is -1.68. The van der Waals surface area contributed by atoms with Gasteiger partial charge in [-0.05, 0) is 49.4 Å². The molecule has 4 heteroatoms. The molecule has 1 fully saturated rings. The van der Waals surface area contributed by atoms with E-state index in [-0.39, 0.29) is 11.0 Å². The molecular formula is C20H24N2OS. The van der Waals surface area contributed by atoms with Gasteiger partial charge in [-0.3, -0.25) is 9.78 Å². The van der Waals surface area contributed by atoms with Crippen molar-refractivity contribution in [3.8, 4) is 11.3 Å². The third-order valence-corrected chi connectivity index (χ3v) is 6.45.